The molecule has 1 saturated heterocycles. The van der Waals surface area contributed by atoms with E-state index in [1.165, 1.54) is 10.9 Å². The summed E-state index contributed by atoms with van der Waals surface area (Å²) in [7, 11) is 0. The largest absolute Gasteiger partial charge is 0.394 e. The molecule has 0 spiro atoms. The zero-order chi connectivity index (χ0) is 17.6. The van der Waals surface area contributed by atoms with Gasteiger partial charge < -0.3 is 25.8 Å². The summed E-state index contributed by atoms with van der Waals surface area (Å²) in [4.78, 5) is 16.8. The van der Waals surface area contributed by atoms with Crippen LogP contribution in [0.4, 0.5) is 5.82 Å². The van der Waals surface area contributed by atoms with Gasteiger partial charge in [0.1, 0.15) is 23.8 Å². The molecule has 10 nitrogen and oxygen atoms in total. The summed E-state index contributed by atoms with van der Waals surface area (Å²) in [6.07, 6.45) is 0.339. The van der Waals surface area contributed by atoms with Crippen molar-refractivity contribution in [3.63, 3.8) is 0 Å². The second kappa shape index (κ2) is 6.01. The van der Waals surface area contributed by atoms with Crippen LogP contribution in [0, 0.1) is 0 Å². The van der Waals surface area contributed by atoms with Crippen LogP contribution in [0.1, 0.15) is 6.23 Å². The Kier molecular flexibility index (Phi) is 3.81. The Morgan fingerprint density at radius 1 is 1.16 bits per heavy atom. The third-order valence-electron chi connectivity index (χ3n) is 4.18. The minimum Gasteiger partial charge on any atom is -0.394 e. The first-order valence-electron chi connectivity index (χ1n) is 7.63. The first-order chi connectivity index (χ1) is 12.1. The standard InChI is InChI=1S/C15H16N6O4/c16-12-9-14(20-13(19-12)7-1-3-17-4-2-7)21(6-18-9)15-11(24)10(23)8(5-22)25-15/h1-4,6,8,10-11,15,22-24H,5H2,(H2,16,19,20)/t8-,10-,11-,15-/m1/s1. The molecule has 25 heavy (non-hydrogen) atoms. The first kappa shape index (κ1) is 15.8. The van der Waals surface area contributed by atoms with E-state index in [9.17, 15) is 15.3 Å². The number of nitrogens with two attached hydrogens (primary N) is 1. The number of pyridine rings is 1. The third-order valence-corrected chi connectivity index (χ3v) is 4.18. The van der Waals surface area contributed by atoms with Crippen molar-refractivity contribution in [3.05, 3.63) is 30.9 Å². The van der Waals surface area contributed by atoms with Crippen LogP contribution in [0.25, 0.3) is 22.6 Å². The van der Waals surface area contributed by atoms with Crippen LogP contribution >= 0.6 is 0 Å². The minimum atomic E-state index is -1.24. The summed E-state index contributed by atoms with van der Waals surface area (Å²) in [5.41, 5.74) is 7.42. The van der Waals surface area contributed by atoms with Crippen molar-refractivity contribution in [2.75, 3.05) is 12.3 Å². The highest BCUT2D eigenvalue weighted by molar-refractivity contribution is 5.83. The molecule has 4 rings (SSSR count). The number of anilines is 1. The summed E-state index contributed by atoms with van der Waals surface area (Å²) in [6, 6.07) is 3.49. The molecule has 0 saturated carbocycles. The summed E-state index contributed by atoms with van der Waals surface area (Å²) in [5.74, 6) is 0.559. The molecule has 3 aromatic rings. The zero-order valence-electron chi connectivity index (χ0n) is 13.0. The lowest BCUT2D eigenvalue weighted by Gasteiger charge is -2.16. The van der Waals surface area contributed by atoms with Crippen molar-refractivity contribution in [3.8, 4) is 11.4 Å². The quantitative estimate of drug-likeness (QED) is 0.472. The van der Waals surface area contributed by atoms with Crippen LogP contribution in [-0.4, -0.2) is 64.7 Å². The van der Waals surface area contributed by atoms with E-state index in [0.29, 0.717) is 17.0 Å². The van der Waals surface area contributed by atoms with Gasteiger partial charge in [0.15, 0.2) is 23.5 Å². The third kappa shape index (κ3) is 2.51. The van der Waals surface area contributed by atoms with Gasteiger partial charge in [-0.1, -0.05) is 0 Å². The summed E-state index contributed by atoms with van der Waals surface area (Å²) < 4.78 is 7.01. The average Bonchev–Trinajstić information content (AvgIpc) is 3.18. The second-order valence-corrected chi connectivity index (χ2v) is 5.72. The van der Waals surface area contributed by atoms with Gasteiger partial charge in [-0.15, -0.1) is 0 Å². The maximum atomic E-state index is 10.2. The summed E-state index contributed by atoms with van der Waals surface area (Å²) in [5, 5.41) is 29.4. The number of nitrogen functional groups attached to an aromatic ring is 1. The molecule has 0 aromatic carbocycles. The fraction of sp³-hybridized carbons (Fsp3) is 0.333. The van der Waals surface area contributed by atoms with Gasteiger partial charge in [0.2, 0.25) is 0 Å². The van der Waals surface area contributed by atoms with E-state index in [1.807, 2.05) is 0 Å². The van der Waals surface area contributed by atoms with Gasteiger partial charge in [0, 0.05) is 18.0 Å². The molecule has 3 aromatic heterocycles. The van der Waals surface area contributed by atoms with E-state index < -0.39 is 31.1 Å². The van der Waals surface area contributed by atoms with Crippen molar-refractivity contribution >= 4 is 17.0 Å². The number of hydrogen-bond acceptors (Lipinski definition) is 9. The number of imidazole rings is 1. The van der Waals surface area contributed by atoms with Gasteiger partial charge >= 0.3 is 0 Å². The highest BCUT2D eigenvalue weighted by Crippen LogP contribution is 2.32. The first-order valence-corrected chi connectivity index (χ1v) is 7.63. The number of nitrogens with zero attached hydrogens (tertiary/aromatic N) is 5. The van der Waals surface area contributed by atoms with E-state index in [1.54, 1.807) is 24.5 Å². The van der Waals surface area contributed by atoms with E-state index in [0.717, 1.165) is 5.56 Å². The number of ether oxygens (including phenoxy) is 1. The average molecular weight is 344 g/mol. The Balaban J connectivity index is 1.82. The van der Waals surface area contributed by atoms with Crippen LogP contribution in [0.15, 0.2) is 30.9 Å². The number of hydrogen-bond donors (Lipinski definition) is 4. The fourth-order valence-corrected chi connectivity index (χ4v) is 2.86. The molecule has 130 valence electrons. The fourth-order valence-electron chi connectivity index (χ4n) is 2.86. The van der Waals surface area contributed by atoms with Crippen molar-refractivity contribution in [2.24, 2.45) is 0 Å². The van der Waals surface area contributed by atoms with Crippen LogP contribution in [0.3, 0.4) is 0 Å². The summed E-state index contributed by atoms with van der Waals surface area (Å²) >= 11 is 0. The Hall–Kier alpha value is -2.66. The molecule has 4 atom stereocenters. The van der Waals surface area contributed by atoms with E-state index in [4.69, 9.17) is 10.5 Å². The van der Waals surface area contributed by atoms with Crippen molar-refractivity contribution in [1.82, 2.24) is 24.5 Å². The molecule has 0 aliphatic carbocycles. The van der Waals surface area contributed by atoms with Gasteiger partial charge in [-0.25, -0.2) is 15.0 Å². The smallest absolute Gasteiger partial charge is 0.168 e. The number of rotatable bonds is 3. The number of aromatic nitrogens is 5. The molecule has 0 radical (unpaired) electrons. The van der Waals surface area contributed by atoms with Gasteiger partial charge in [0.25, 0.3) is 0 Å². The monoisotopic (exact) mass is 344 g/mol. The van der Waals surface area contributed by atoms with Crippen LogP contribution in [-0.2, 0) is 4.74 Å². The van der Waals surface area contributed by atoms with Crippen molar-refractivity contribution in [2.45, 2.75) is 24.5 Å². The molecule has 1 fully saturated rings. The lowest BCUT2D eigenvalue weighted by molar-refractivity contribution is -0.0511. The Morgan fingerprint density at radius 3 is 2.60 bits per heavy atom. The Labute approximate surface area is 141 Å². The molecule has 1 aliphatic heterocycles. The Morgan fingerprint density at radius 2 is 1.92 bits per heavy atom. The van der Waals surface area contributed by atoms with Crippen molar-refractivity contribution in [1.29, 1.82) is 0 Å². The minimum absolute atomic E-state index is 0.183. The maximum Gasteiger partial charge on any atom is 0.168 e. The van der Waals surface area contributed by atoms with Gasteiger partial charge in [-0.2, -0.15) is 0 Å². The molecular weight excluding hydrogens is 328 g/mol. The Bertz CT molecular complexity index is 902. The molecule has 0 bridgehead atoms. The maximum absolute atomic E-state index is 10.2. The molecule has 1 aliphatic rings. The van der Waals surface area contributed by atoms with E-state index in [-0.39, 0.29) is 5.82 Å². The lowest BCUT2D eigenvalue weighted by Crippen LogP contribution is -2.33. The highest BCUT2D eigenvalue weighted by Gasteiger charge is 2.44. The molecule has 0 unspecified atom stereocenters. The van der Waals surface area contributed by atoms with Gasteiger partial charge in [-0.3, -0.25) is 9.55 Å². The van der Waals surface area contributed by atoms with E-state index in [2.05, 4.69) is 19.9 Å². The number of fused-ring (bicyclic) bond motifs is 1. The number of aliphatic hydroxyl groups is 3. The number of aliphatic hydroxyl groups excluding tert-OH is 3. The van der Waals surface area contributed by atoms with Crippen LogP contribution in [0.2, 0.25) is 0 Å². The lowest BCUT2D eigenvalue weighted by atomic mass is 10.1. The normalized spacial score (nSPS) is 26.4. The zero-order valence-corrected chi connectivity index (χ0v) is 13.0. The highest BCUT2D eigenvalue weighted by atomic mass is 16.6. The van der Waals surface area contributed by atoms with Crippen molar-refractivity contribution < 1.29 is 20.1 Å². The molecule has 4 heterocycles. The predicted octanol–water partition coefficient (Wildman–Crippen LogP) is -0.918. The molecular formula is C15H16N6O4. The second-order valence-electron chi connectivity index (χ2n) is 5.72. The SMILES string of the molecule is Nc1nc(-c2ccncc2)nc2c1ncn2[C@@H]1O[C@H](CO)[C@@H](O)[C@H]1O. The molecule has 0 amide bonds. The van der Waals surface area contributed by atoms with Gasteiger partial charge in [0.05, 0.1) is 12.9 Å². The summed E-state index contributed by atoms with van der Waals surface area (Å²) in [6.45, 7) is -0.416. The topological polar surface area (TPSA) is 152 Å². The molecule has 5 N–H and O–H groups in total. The predicted molar refractivity (Wildman–Crippen MR) is 86.0 cm³/mol. The van der Waals surface area contributed by atoms with E-state index >= 15 is 0 Å². The molecule has 10 heteroatoms. The van der Waals surface area contributed by atoms with Crippen LogP contribution < -0.4 is 5.73 Å². The van der Waals surface area contributed by atoms with Gasteiger partial charge in [-0.05, 0) is 12.1 Å². The van der Waals surface area contributed by atoms with Crippen LogP contribution in [0.5, 0.6) is 0 Å².